The van der Waals surface area contributed by atoms with Crippen LogP contribution in [0.3, 0.4) is 0 Å². The molecule has 0 heterocycles. The van der Waals surface area contributed by atoms with Crippen molar-refractivity contribution in [1.82, 2.24) is 4.90 Å². The lowest BCUT2D eigenvalue weighted by atomic mass is 9.69. The van der Waals surface area contributed by atoms with Gasteiger partial charge < -0.3 is 10.0 Å². The van der Waals surface area contributed by atoms with E-state index in [1.807, 2.05) is 0 Å². The minimum Gasteiger partial charge on any atom is -0.392 e. The molecule has 2 rings (SSSR count). The topological polar surface area (TPSA) is 23.5 Å². The van der Waals surface area contributed by atoms with Crippen LogP contribution in [0.1, 0.15) is 33.1 Å². The molecule has 14 heavy (non-hydrogen) atoms. The van der Waals surface area contributed by atoms with E-state index in [1.165, 1.54) is 19.3 Å². The van der Waals surface area contributed by atoms with Crippen LogP contribution < -0.4 is 0 Å². The summed E-state index contributed by atoms with van der Waals surface area (Å²) in [5.41, 5.74) is 0.353. The van der Waals surface area contributed by atoms with E-state index in [0.717, 1.165) is 12.5 Å². The third kappa shape index (κ3) is 1.24. The van der Waals surface area contributed by atoms with Gasteiger partial charge in [0.1, 0.15) is 0 Å². The maximum absolute atomic E-state index is 10.4. The van der Waals surface area contributed by atoms with E-state index in [-0.39, 0.29) is 16.9 Å². The molecule has 2 nitrogen and oxygen atoms in total. The average Bonchev–Trinajstić information content (AvgIpc) is 2.52. The Bertz CT molecular complexity index is 232. The summed E-state index contributed by atoms with van der Waals surface area (Å²) in [6.07, 6.45) is 3.67. The third-order valence-corrected chi connectivity index (χ3v) is 4.61. The molecule has 3 unspecified atom stereocenters. The second kappa shape index (κ2) is 2.96. The summed E-state index contributed by atoms with van der Waals surface area (Å²) in [4.78, 5) is 2.23. The first-order valence-electron chi connectivity index (χ1n) is 5.71. The summed E-state index contributed by atoms with van der Waals surface area (Å²) in [5.74, 6) is 0.748. The highest BCUT2D eigenvalue weighted by molar-refractivity contribution is 5.11. The van der Waals surface area contributed by atoms with Crippen LogP contribution in [0.25, 0.3) is 0 Å². The Morgan fingerprint density at radius 1 is 1.36 bits per heavy atom. The summed E-state index contributed by atoms with van der Waals surface area (Å²) >= 11 is 0. The van der Waals surface area contributed by atoms with Crippen LogP contribution in [0.5, 0.6) is 0 Å². The van der Waals surface area contributed by atoms with Gasteiger partial charge in [-0.15, -0.1) is 0 Å². The summed E-state index contributed by atoms with van der Waals surface area (Å²) < 4.78 is 0. The molecule has 1 N–H and O–H groups in total. The highest BCUT2D eigenvalue weighted by Crippen LogP contribution is 2.62. The summed E-state index contributed by atoms with van der Waals surface area (Å²) in [7, 11) is 4.22. The van der Waals surface area contributed by atoms with Gasteiger partial charge >= 0.3 is 0 Å². The monoisotopic (exact) mass is 197 g/mol. The largest absolute Gasteiger partial charge is 0.392 e. The van der Waals surface area contributed by atoms with Gasteiger partial charge in [0.15, 0.2) is 0 Å². The van der Waals surface area contributed by atoms with Gasteiger partial charge in [-0.3, -0.25) is 0 Å². The first kappa shape index (κ1) is 10.4. The summed E-state index contributed by atoms with van der Waals surface area (Å²) in [5, 5.41) is 10.4. The Kier molecular flexibility index (Phi) is 2.20. The molecule has 0 aromatic carbocycles. The molecule has 0 amide bonds. The second-order valence-electron chi connectivity index (χ2n) is 6.26. The molecule has 0 aromatic heterocycles. The zero-order valence-corrected chi connectivity index (χ0v) is 9.88. The Hall–Kier alpha value is -0.0800. The van der Waals surface area contributed by atoms with E-state index in [9.17, 15) is 5.11 Å². The molecule has 82 valence electrons. The molecular weight excluding hydrogens is 174 g/mol. The quantitative estimate of drug-likeness (QED) is 0.729. The molecule has 0 saturated heterocycles. The number of hydrogen-bond acceptors (Lipinski definition) is 2. The maximum Gasteiger partial charge on any atom is 0.0662 e. The number of rotatable bonds is 2. The van der Waals surface area contributed by atoms with E-state index in [0.29, 0.717) is 0 Å². The number of aliphatic hydroxyl groups is 1. The van der Waals surface area contributed by atoms with Crippen molar-refractivity contribution < 1.29 is 5.11 Å². The summed E-state index contributed by atoms with van der Waals surface area (Å²) in [6, 6.07) is 0. The molecule has 2 aliphatic rings. The number of fused-ring (bicyclic) bond motifs is 2. The van der Waals surface area contributed by atoms with E-state index in [2.05, 4.69) is 32.8 Å². The predicted octanol–water partition coefficient (Wildman–Crippen LogP) is 1.74. The first-order chi connectivity index (χ1) is 6.38. The highest BCUT2D eigenvalue weighted by atomic mass is 16.3. The lowest BCUT2D eigenvalue weighted by molar-refractivity contribution is -0.0504. The Balaban J connectivity index is 2.22. The van der Waals surface area contributed by atoms with Crippen molar-refractivity contribution in [1.29, 1.82) is 0 Å². The number of aliphatic hydroxyl groups excluding tert-OH is 1. The molecule has 0 aliphatic heterocycles. The van der Waals surface area contributed by atoms with Gasteiger partial charge in [-0.1, -0.05) is 13.8 Å². The molecule has 2 fully saturated rings. The van der Waals surface area contributed by atoms with Gasteiger partial charge in [0, 0.05) is 12.0 Å². The molecule has 3 atom stereocenters. The SMILES string of the molecule is CN(C)CC12CCC(C1)C(C)(C)C2O. The minimum atomic E-state index is -0.101. The van der Waals surface area contributed by atoms with Gasteiger partial charge in [-0.25, -0.2) is 0 Å². The average molecular weight is 197 g/mol. The lowest BCUT2D eigenvalue weighted by Crippen LogP contribution is -2.46. The Morgan fingerprint density at radius 2 is 2.00 bits per heavy atom. The predicted molar refractivity (Wildman–Crippen MR) is 58.1 cm³/mol. The summed E-state index contributed by atoms with van der Waals surface area (Å²) in [6.45, 7) is 5.52. The van der Waals surface area contributed by atoms with Gasteiger partial charge in [-0.2, -0.15) is 0 Å². The molecule has 0 spiro atoms. The maximum atomic E-state index is 10.4. The second-order valence-corrected chi connectivity index (χ2v) is 6.26. The zero-order valence-electron chi connectivity index (χ0n) is 9.88. The zero-order chi connectivity index (χ0) is 10.6. The van der Waals surface area contributed by atoms with Crippen molar-refractivity contribution in [3.05, 3.63) is 0 Å². The van der Waals surface area contributed by atoms with Crippen molar-refractivity contribution in [2.75, 3.05) is 20.6 Å². The van der Waals surface area contributed by atoms with Crippen LogP contribution in [-0.2, 0) is 0 Å². The molecule has 0 radical (unpaired) electrons. The van der Waals surface area contributed by atoms with Crippen LogP contribution in [0, 0.1) is 16.7 Å². The van der Waals surface area contributed by atoms with Crippen LogP contribution in [0.15, 0.2) is 0 Å². The molecule has 2 bridgehead atoms. The molecule has 0 aromatic rings. The minimum absolute atomic E-state index is 0.101. The Morgan fingerprint density at radius 3 is 2.43 bits per heavy atom. The standard InChI is InChI=1S/C12H23NO/c1-11(2)9-5-6-12(7-9,10(11)14)8-13(3)4/h9-10,14H,5-8H2,1-4H3. The Labute approximate surface area is 87.3 Å². The first-order valence-corrected chi connectivity index (χ1v) is 5.71. The van der Waals surface area contributed by atoms with Crippen molar-refractivity contribution >= 4 is 0 Å². The third-order valence-electron chi connectivity index (χ3n) is 4.61. The molecule has 2 heteroatoms. The molecular formula is C12H23NO. The van der Waals surface area contributed by atoms with Crippen LogP contribution in [0.2, 0.25) is 0 Å². The fourth-order valence-corrected chi connectivity index (χ4v) is 3.91. The van der Waals surface area contributed by atoms with Crippen molar-refractivity contribution in [3.8, 4) is 0 Å². The van der Waals surface area contributed by atoms with Crippen LogP contribution in [-0.4, -0.2) is 36.8 Å². The van der Waals surface area contributed by atoms with Gasteiger partial charge in [-0.05, 0) is 44.7 Å². The van der Waals surface area contributed by atoms with E-state index < -0.39 is 0 Å². The highest BCUT2D eigenvalue weighted by Gasteiger charge is 2.61. The number of hydrogen-bond donors (Lipinski definition) is 1. The molecule has 2 saturated carbocycles. The van der Waals surface area contributed by atoms with Crippen LogP contribution >= 0.6 is 0 Å². The number of nitrogens with zero attached hydrogens (tertiary/aromatic N) is 1. The smallest absolute Gasteiger partial charge is 0.0662 e. The van der Waals surface area contributed by atoms with E-state index >= 15 is 0 Å². The van der Waals surface area contributed by atoms with Gasteiger partial charge in [0.2, 0.25) is 0 Å². The normalized spacial score (nSPS) is 45.0. The van der Waals surface area contributed by atoms with E-state index in [1.54, 1.807) is 0 Å². The van der Waals surface area contributed by atoms with Crippen molar-refractivity contribution in [2.45, 2.75) is 39.2 Å². The van der Waals surface area contributed by atoms with Crippen LogP contribution in [0.4, 0.5) is 0 Å². The van der Waals surface area contributed by atoms with Crippen molar-refractivity contribution in [2.24, 2.45) is 16.7 Å². The van der Waals surface area contributed by atoms with Crippen molar-refractivity contribution in [3.63, 3.8) is 0 Å². The van der Waals surface area contributed by atoms with E-state index in [4.69, 9.17) is 0 Å². The van der Waals surface area contributed by atoms with Gasteiger partial charge in [0.05, 0.1) is 6.10 Å². The molecule has 2 aliphatic carbocycles. The fraction of sp³-hybridized carbons (Fsp3) is 1.00. The fourth-order valence-electron chi connectivity index (χ4n) is 3.91. The van der Waals surface area contributed by atoms with Gasteiger partial charge in [0.25, 0.3) is 0 Å². The lowest BCUT2D eigenvalue weighted by Gasteiger charge is -2.42.